The first-order chi connectivity index (χ1) is 10.6. The van der Waals surface area contributed by atoms with E-state index in [0.29, 0.717) is 18.5 Å². The normalized spacial score (nSPS) is 13.9. The van der Waals surface area contributed by atoms with Crippen molar-refractivity contribution >= 4 is 11.7 Å². The van der Waals surface area contributed by atoms with Gasteiger partial charge in [0.05, 0.1) is 0 Å². The molecule has 0 aromatic heterocycles. The molecule has 2 rings (SSSR count). The monoisotopic (exact) mass is 301 g/mol. The van der Waals surface area contributed by atoms with Crippen LogP contribution in [0.1, 0.15) is 74.2 Å². The Bertz CT molecular complexity index is 506. The van der Waals surface area contributed by atoms with Gasteiger partial charge >= 0.3 is 0 Å². The molecule has 1 aliphatic rings. The van der Waals surface area contributed by atoms with Crippen molar-refractivity contribution in [3.05, 3.63) is 35.4 Å². The number of carbonyl (C=O) groups is 2. The van der Waals surface area contributed by atoms with Crippen LogP contribution in [0.15, 0.2) is 24.3 Å². The highest BCUT2D eigenvalue weighted by Gasteiger charge is 2.19. The summed E-state index contributed by atoms with van der Waals surface area (Å²) in [5.41, 5.74) is 1.67. The highest BCUT2D eigenvalue weighted by Crippen LogP contribution is 2.34. The van der Waals surface area contributed by atoms with Crippen LogP contribution in [0.25, 0.3) is 0 Å². The maximum Gasteiger partial charge on any atom is 0.220 e. The number of hydrogen-bond donors (Lipinski definition) is 1. The molecule has 1 fully saturated rings. The molecule has 0 radical (unpaired) electrons. The lowest BCUT2D eigenvalue weighted by atomic mass is 10.1. The van der Waals surface area contributed by atoms with Crippen LogP contribution in [-0.2, 0) is 11.3 Å². The van der Waals surface area contributed by atoms with E-state index in [1.807, 2.05) is 18.2 Å². The first kappa shape index (κ1) is 16.7. The number of amides is 1. The third-order valence-electron chi connectivity index (χ3n) is 4.29. The molecule has 120 valence electrons. The summed E-state index contributed by atoms with van der Waals surface area (Å²) in [4.78, 5) is 23.1. The van der Waals surface area contributed by atoms with E-state index in [2.05, 4.69) is 5.32 Å². The van der Waals surface area contributed by atoms with E-state index in [-0.39, 0.29) is 11.7 Å². The predicted molar refractivity (Wildman–Crippen MR) is 88.7 cm³/mol. The van der Waals surface area contributed by atoms with E-state index in [4.69, 9.17) is 0 Å². The number of nitrogens with one attached hydrogen (secondary N) is 1. The van der Waals surface area contributed by atoms with Gasteiger partial charge in [-0.25, -0.2) is 0 Å². The average molecular weight is 301 g/mol. The summed E-state index contributed by atoms with van der Waals surface area (Å²) in [6, 6.07) is 7.44. The molecule has 0 aliphatic heterocycles. The number of hydrogen-bond acceptors (Lipinski definition) is 2. The lowest BCUT2D eigenvalue weighted by Crippen LogP contribution is -2.22. The Kier molecular flexibility index (Phi) is 6.63. The first-order valence-electron chi connectivity index (χ1n) is 8.52. The van der Waals surface area contributed by atoms with E-state index in [1.54, 1.807) is 13.0 Å². The van der Waals surface area contributed by atoms with Crippen molar-refractivity contribution in [3.8, 4) is 0 Å². The molecule has 1 N–H and O–H groups in total. The van der Waals surface area contributed by atoms with Crippen LogP contribution >= 0.6 is 0 Å². The van der Waals surface area contributed by atoms with Crippen molar-refractivity contribution in [3.63, 3.8) is 0 Å². The molecule has 3 nitrogen and oxygen atoms in total. The van der Waals surface area contributed by atoms with Gasteiger partial charge < -0.3 is 5.32 Å². The summed E-state index contributed by atoms with van der Waals surface area (Å²) >= 11 is 0. The summed E-state index contributed by atoms with van der Waals surface area (Å²) in [6.45, 7) is 2.06. The zero-order valence-corrected chi connectivity index (χ0v) is 13.6. The minimum absolute atomic E-state index is 0.0550. The second-order valence-corrected chi connectivity index (χ2v) is 6.43. The van der Waals surface area contributed by atoms with Crippen molar-refractivity contribution < 1.29 is 9.59 Å². The molecule has 0 bridgehead atoms. The van der Waals surface area contributed by atoms with Crippen molar-refractivity contribution in [2.45, 2.75) is 64.8 Å². The Balaban J connectivity index is 1.56. The highest BCUT2D eigenvalue weighted by molar-refractivity contribution is 5.94. The van der Waals surface area contributed by atoms with Crippen LogP contribution < -0.4 is 5.32 Å². The van der Waals surface area contributed by atoms with Crippen LogP contribution in [0.2, 0.25) is 0 Å². The molecule has 0 unspecified atom stereocenters. The Labute approximate surface area is 133 Å². The number of unbranched alkanes of at least 4 members (excludes halogenated alkanes) is 3. The summed E-state index contributed by atoms with van der Waals surface area (Å²) in [5, 5.41) is 2.93. The standard InChI is InChI=1S/C19H27NO2/c1-15(21)18-9-6-8-17(13-18)14-20-19(22)10-5-3-2-4-7-16-11-12-16/h6,8-9,13,16H,2-5,7,10-12,14H2,1H3,(H,20,22). The Morgan fingerprint density at radius 3 is 2.64 bits per heavy atom. The average Bonchev–Trinajstić information content (AvgIpc) is 3.33. The van der Waals surface area contributed by atoms with Crippen molar-refractivity contribution in [1.29, 1.82) is 0 Å². The molecule has 1 saturated carbocycles. The van der Waals surface area contributed by atoms with Gasteiger partial charge in [-0.2, -0.15) is 0 Å². The van der Waals surface area contributed by atoms with Gasteiger partial charge in [-0.15, -0.1) is 0 Å². The highest BCUT2D eigenvalue weighted by atomic mass is 16.1. The molecule has 1 amide bonds. The molecule has 0 heterocycles. The summed E-state index contributed by atoms with van der Waals surface area (Å²) in [6.07, 6.45) is 9.58. The largest absolute Gasteiger partial charge is 0.352 e. The van der Waals surface area contributed by atoms with Gasteiger partial charge in [-0.1, -0.05) is 56.7 Å². The molecule has 22 heavy (non-hydrogen) atoms. The fourth-order valence-electron chi connectivity index (χ4n) is 2.67. The lowest BCUT2D eigenvalue weighted by molar-refractivity contribution is -0.121. The van der Waals surface area contributed by atoms with Crippen LogP contribution in [0.3, 0.4) is 0 Å². The Morgan fingerprint density at radius 2 is 1.91 bits per heavy atom. The van der Waals surface area contributed by atoms with Gasteiger partial charge in [0.1, 0.15) is 0 Å². The topological polar surface area (TPSA) is 46.2 Å². The molecule has 3 heteroatoms. The first-order valence-corrected chi connectivity index (χ1v) is 8.52. The molecule has 1 aromatic carbocycles. The van der Waals surface area contributed by atoms with Gasteiger partial charge in [-0.3, -0.25) is 9.59 Å². The molecular formula is C19H27NO2. The summed E-state index contributed by atoms with van der Waals surface area (Å²) in [5.74, 6) is 1.18. The zero-order chi connectivity index (χ0) is 15.8. The minimum atomic E-state index is 0.0550. The van der Waals surface area contributed by atoms with E-state index in [0.717, 1.165) is 24.3 Å². The third kappa shape index (κ3) is 6.42. The van der Waals surface area contributed by atoms with E-state index < -0.39 is 0 Å². The van der Waals surface area contributed by atoms with Crippen molar-refractivity contribution in [1.82, 2.24) is 5.32 Å². The number of ketones is 1. The second kappa shape index (κ2) is 8.72. The Hall–Kier alpha value is -1.64. The third-order valence-corrected chi connectivity index (χ3v) is 4.29. The summed E-state index contributed by atoms with van der Waals surface area (Å²) < 4.78 is 0. The number of benzene rings is 1. The van der Waals surface area contributed by atoms with Gasteiger partial charge in [0.25, 0.3) is 0 Å². The van der Waals surface area contributed by atoms with Crippen LogP contribution in [0.5, 0.6) is 0 Å². The number of carbonyl (C=O) groups excluding carboxylic acids is 2. The molecule has 0 atom stereocenters. The number of rotatable bonds is 10. The van der Waals surface area contributed by atoms with E-state index in [1.165, 1.54) is 32.1 Å². The fraction of sp³-hybridized carbons (Fsp3) is 0.579. The molecular weight excluding hydrogens is 274 g/mol. The predicted octanol–water partition coefficient (Wildman–Crippen LogP) is 4.26. The van der Waals surface area contributed by atoms with Crippen molar-refractivity contribution in [2.75, 3.05) is 0 Å². The van der Waals surface area contributed by atoms with Gasteiger partial charge in [0, 0.05) is 18.5 Å². The van der Waals surface area contributed by atoms with Crippen LogP contribution in [-0.4, -0.2) is 11.7 Å². The fourth-order valence-corrected chi connectivity index (χ4v) is 2.67. The van der Waals surface area contributed by atoms with E-state index >= 15 is 0 Å². The van der Waals surface area contributed by atoms with Crippen molar-refractivity contribution in [2.24, 2.45) is 5.92 Å². The molecule has 0 spiro atoms. The maximum absolute atomic E-state index is 11.8. The van der Waals surface area contributed by atoms with Gasteiger partial charge in [0.2, 0.25) is 5.91 Å². The second-order valence-electron chi connectivity index (χ2n) is 6.43. The Morgan fingerprint density at radius 1 is 1.14 bits per heavy atom. The number of Topliss-reactive ketones (excluding diaryl/α,β-unsaturated/α-hetero) is 1. The van der Waals surface area contributed by atoms with E-state index in [9.17, 15) is 9.59 Å². The maximum atomic E-state index is 11.8. The van der Waals surface area contributed by atoms with Gasteiger partial charge in [-0.05, 0) is 30.9 Å². The SMILES string of the molecule is CC(=O)c1cccc(CNC(=O)CCCCCCC2CC2)c1. The van der Waals surface area contributed by atoms with Crippen LogP contribution in [0.4, 0.5) is 0 Å². The minimum Gasteiger partial charge on any atom is -0.352 e. The smallest absolute Gasteiger partial charge is 0.220 e. The van der Waals surface area contributed by atoms with Crippen LogP contribution in [0, 0.1) is 5.92 Å². The quantitative estimate of drug-likeness (QED) is 0.518. The molecule has 1 aliphatic carbocycles. The molecule has 1 aromatic rings. The van der Waals surface area contributed by atoms with Gasteiger partial charge in [0.15, 0.2) is 5.78 Å². The summed E-state index contributed by atoms with van der Waals surface area (Å²) in [7, 11) is 0. The molecule has 0 saturated heterocycles. The zero-order valence-electron chi connectivity index (χ0n) is 13.6. The lowest BCUT2D eigenvalue weighted by Gasteiger charge is -2.06.